The van der Waals surface area contributed by atoms with Crippen LogP contribution in [0, 0.1) is 0 Å². The molecule has 19 heavy (non-hydrogen) atoms. The van der Waals surface area contributed by atoms with Crippen LogP contribution in [0.15, 0.2) is 16.7 Å². The van der Waals surface area contributed by atoms with Gasteiger partial charge in [0.05, 0.1) is 7.11 Å². The summed E-state index contributed by atoms with van der Waals surface area (Å²) in [6.45, 7) is 2.31. The number of halogens is 1. The Bertz CT molecular complexity index is 494. The number of methoxy groups -OCH3 is 1. The smallest absolute Gasteiger partial charge is 0.325 e. The van der Waals surface area contributed by atoms with E-state index < -0.39 is 5.97 Å². The molecule has 0 saturated heterocycles. The standard InChI is InChI=1S/C13H17BrN2O3/c1-3-15(8-12(17)19-2)13(18)11-6-9(14)7-16(11)10-4-5-10/h6-7,10H,3-5,8H2,1-2H3. The van der Waals surface area contributed by atoms with E-state index in [2.05, 4.69) is 20.7 Å². The summed E-state index contributed by atoms with van der Waals surface area (Å²) >= 11 is 3.40. The van der Waals surface area contributed by atoms with Crippen molar-refractivity contribution in [3.8, 4) is 0 Å². The molecule has 0 spiro atoms. The zero-order valence-electron chi connectivity index (χ0n) is 11.1. The van der Waals surface area contributed by atoms with E-state index in [0.717, 1.165) is 17.3 Å². The van der Waals surface area contributed by atoms with Gasteiger partial charge in [-0.25, -0.2) is 0 Å². The summed E-state index contributed by atoms with van der Waals surface area (Å²) in [5.74, 6) is -0.538. The summed E-state index contributed by atoms with van der Waals surface area (Å²) in [6.07, 6.45) is 4.13. The lowest BCUT2D eigenvalue weighted by atomic mass is 10.3. The third kappa shape index (κ3) is 3.18. The van der Waals surface area contributed by atoms with Gasteiger partial charge in [-0.3, -0.25) is 9.59 Å². The van der Waals surface area contributed by atoms with Gasteiger partial charge < -0.3 is 14.2 Å². The number of ether oxygens (including phenoxy) is 1. The molecule has 5 nitrogen and oxygen atoms in total. The Morgan fingerprint density at radius 1 is 1.53 bits per heavy atom. The molecule has 0 atom stereocenters. The third-order valence-corrected chi connectivity index (χ3v) is 3.62. The molecule has 1 aliphatic carbocycles. The molecular formula is C13H17BrN2O3. The molecule has 0 bridgehead atoms. The van der Waals surface area contributed by atoms with Crippen LogP contribution in [0.4, 0.5) is 0 Å². The summed E-state index contributed by atoms with van der Waals surface area (Å²) in [7, 11) is 1.32. The van der Waals surface area contributed by atoms with E-state index in [0.29, 0.717) is 18.3 Å². The average molecular weight is 329 g/mol. The second-order valence-corrected chi connectivity index (χ2v) is 5.49. The number of hydrogen-bond donors (Lipinski definition) is 0. The zero-order chi connectivity index (χ0) is 14.0. The molecule has 1 aromatic rings. The maximum Gasteiger partial charge on any atom is 0.325 e. The van der Waals surface area contributed by atoms with E-state index in [4.69, 9.17) is 0 Å². The molecular weight excluding hydrogens is 312 g/mol. The molecule has 1 fully saturated rings. The fourth-order valence-electron chi connectivity index (χ4n) is 1.98. The molecule has 1 aliphatic rings. The fourth-order valence-corrected chi connectivity index (χ4v) is 2.42. The highest BCUT2D eigenvalue weighted by molar-refractivity contribution is 9.10. The number of hydrogen-bond acceptors (Lipinski definition) is 3. The van der Waals surface area contributed by atoms with E-state index in [9.17, 15) is 9.59 Å². The van der Waals surface area contributed by atoms with Crippen molar-refractivity contribution in [1.29, 1.82) is 0 Å². The summed E-state index contributed by atoms with van der Waals surface area (Å²) in [6, 6.07) is 2.22. The Morgan fingerprint density at radius 3 is 2.74 bits per heavy atom. The maximum atomic E-state index is 12.5. The predicted octanol–water partition coefficient (Wildman–Crippen LogP) is 2.22. The van der Waals surface area contributed by atoms with Crippen molar-refractivity contribution in [3.05, 3.63) is 22.4 Å². The van der Waals surface area contributed by atoms with E-state index in [1.54, 1.807) is 6.07 Å². The van der Waals surface area contributed by atoms with Gasteiger partial charge in [0, 0.05) is 23.3 Å². The minimum absolute atomic E-state index is 0.0146. The van der Waals surface area contributed by atoms with Gasteiger partial charge in [-0.05, 0) is 41.8 Å². The molecule has 1 saturated carbocycles. The number of aromatic nitrogens is 1. The van der Waals surface area contributed by atoms with Gasteiger partial charge in [-0.1, -0.05) is 0 Å². The van der Waals surface area contributed by atoms with Crippen LogP contribution in [-0.4, -0.2) is 41.5 Å². The maximum absolute atomic E-state index is 12.5. The first-order chi connectivity index (χ1) is 9.06. The first-order valence-electron chi connectivity index (χ1n) is 6.30. The van der Waals surface area contributed by atoms with E-state index in [-0.39, 0.29) is 12.5 Å². The minimum atomic E-state index is -0.404. The number of esters is 1. The van der Waals surface area contributed by atoms with Crippen molar-refractivity contribution in [3.63, 3.8) is 0 Å². The van der Waals surface area contributed by atoms with Crippen LogP contribution in [-0.2, 0) is 9.53 Å². The van der Waals surface area contributed by atoms with Gasteiger partial charge in [0.2, 0.25) is 0 Å². The van der Waals surface area contributed by atoms with Crippen molar-refractivity contribution in [2.45, 2.75) is 25.8 Å². The summed E-state index contributed by atoms with van der Waals surface area (Å²) in [5.41, 5.74) is 0.625. The second-order valence-electron chi connectivity index (χ2n) is 4.58. The Hall–Kier alpha value is -1.30. The van der Waals surface area contributed by atoms with Crippen molar-refractivity contribution in [1.82, 2.24) is 9.47 Å². The van der Waals surface area contributed by atoms with Crippen LogP contribution in [0.3, 0.4) is 0 Å². The number of likely N-dealkylation sites (N-methyl/N-ethyl adjacent to an activating group) is 1. The fraction of sp³-hybridized carbons (Fsp3) is 0.538. The topological polar surface area (TPSA) is 51.5 Å². The van der Waals surface area contributed by atoms with Crippen molar-refractivity contribution in [2.75, 3.05) is 20.2 Å². The van der Waals surface area contributed by atoms with Crippen LogP contribution in [0.5, 0.6) is 0 Å². The highest BCUT2D eigenvalue weighted by Crippen LogP contribution is 2.37. The lowest BCUT2D eigenvalue weighted by Crippen LogP contribution is -2.37. The highest BCUT2D eigenvalue weighted by Gasteiger charge is 2.29. The van der Waals surface area contributed by atoms with E-state index in [1.807, 2.05) is 17.7 Å². The molecule has 1 aromatic heterocycles. The lowest BCUT2D eigenvalue weighted by Gasteiger charge is -2.20. The number of carbonyl (C=O) groups is 2. The molecule has 1 heterocycles. The zero-order valence-corrected chi connectivity index (χ0v) is 12.6. The lowest BCUT2D eigenvalue weighted by molar-refractivity contribution is -0.141. The summed E-state index contributed by atoms with van der Waals surface area (Å²) < 4.78 is 7.49. The molecule has 0 aromatic carbocycles. The molecule has 0 N–H and O–H groups in total. The van der Waals surface area contributed by atoms with E-state index in [1.165, 1.54) is 12.0 Å². The Kier molecular flexibility index (Phi) is 4.29. The number of carbonyl (C=O) groups excluding carboxylic acids is 2. The molecule has 1 amide bonds. The number of rotatable bonds is 5. The van der Waals surface area contributed by atoms with Gasteiger partial charge in [-0.15, -0.1) is 0 Å². The van der Waals surface area contributed by atoms with Crippen LogP contribution in [0.2, 0.25) is 0 Å². The van der Waals surface area contributed by atoms with Gasteiger partial charge in [0.15, 0.2) is 0 Å². The Balaban J connectivity index is 2.19. The molecule has 0 radical (unpaired) electrons. The van der Waals surface area contributed by atoms with Gasteiger partial charge in [0.25, 0.3) is 5.91 Å². The largest absolute Gasteiger partial charge is 0.468 e. The Morgan fingerprint density at radius 2 is 2.21 bits per heavy atom. The summed E-state index contributed by atoms with van der Waals surface area (Å²) in [4.78, 5) is 25.3. The molecule has 6 heteroatoms. The highest BCUT2D eigenvalue weighted by atomic mass is 79.9. The number of nitrogens with zero attached hydrogens (tertiary/aromatic N) is 2. The van der Waals surface area contributed by atoms with Crippen LogP contribution in [0.25, 0.3) is 0 Å². The predicted molar refractivity (Wildman–Crippen MR) is 74.0 cm³/mol. The third-order valence-electron chi connectivity index (χ3n) is 3.19. The molecule has 2 rings (SSSR count). The van der Waals surface area contributed by atoms with Gasteiger partial charge in [-0.2, -0.15) is 0 Å². The molecule has 0 unspecified atom stereocenters. The van der Waals surface area contributed by atoms with Crippen molar-refractivity contribution < 1.29 is 14.3 Å². The minimum Gasteiger partial charge on any atom is -0.468 e. The van der Waals surface area contributed by atoms with Crippen LogP contribution >= 0.6 is 15.9 Å². The molecule has 0 aliphatic heterocycles. The average Bonchev–Trinajstić information content (AvgIpc) is 3.17. The first-order valence-corrected chi connectivity index (χ1v) is 7.09. The Labute approximate surface area is 120 Å². The van der Waals surface area contributed by atoms with Crippen molar-refractivity contribution in [2.24, 2.45) is 0 Å². The van der Waals surface area contributed by atoms with Gasteiger partial charge in [0.1, 0.15) is 12.2 Å². The SMILES string of the molecule is CCN(CC(=O)OC)C(=O)c1cc(Br)cn1C1CC1. The number of amides is 1. The normalized spacial score (nSPS) is 14.3. The molecule has 104 valence electrons. The van der Waals surface area contributed by atoms with Crippen LogP contribution < -0.4 is 0 Å². The van der Waals surface area contributed by atoms with Crippen LogP contribution in [0.1, 0.15) is 36.3 Å². The first kappa shape index (κ1) is 14.1. The summed E-state index contributed by atoms with van der Waals surface area (Å²) in [5, 5.41) is 0. The quantitative estimate of drug-likeness (QED) is 0.779. The second kappa shape index (κ2) is 5.77. The van der Waals surface area contributed by atoms with E-state index >= 15 is 0 Å². The monoisotopic (exact) mass is 328 g/mol. The van der Waals surface area contributed by atoms with Gasteiger partial charge >= 0.3 is 5.97 Å². The van der Waals surface area contributed by atoms with Crippen molar-refractivity contribution >= 4 is 27.8 Å².